The van der Waals surface area contributed by atoms with E-state index in [9.17, 15) is 0 Å². The van der Waals surface area contributed by atoms with Crippen molar-refractivity contribution in [1.29, 1.82) is 0 Å². The van der Waals surface area contributed by atoms with Gasteiger partial charge in [0.25, 0.3) is 0 Å². The maximum absolute atomic E-state index is 5.99. The Hall–Kier alpha value is -2.55. The standard InChI is InChI=1S/C25H34N6OSi/c1-33(2,3)15-14-32-19-30-13-11-22-24-23(27-28-31(24)18-26-25(22)30)21-10-7-12-29(17-21)16-20-8-5-4-6-9-20/h4-6,8-9,11,13,18,21H,7,10,12,14-17,19H2,1-3H3. The first-order valence-corrected chi connectivity index (χ1v) is 15.7. The number of fused-ring (bicyclic) bond motifs is 3. The van der Waals surface area contributed by atoms with E-state index >= 15 is 0 Å². The summed E-state index contributed by atoms with van der Waals surface area (Å²) in [5.74, 6) is 0.377. The van der Waals surface area contributed by atoms with Crippen molar-refractivity contribution in [3.8, 4) is 0 Å². The van der Waals surface area contributed by atoms with Crippen molar-refractivity contribution in [2.24, 2.45) is 0 Å². The van der Waals surface area contributed by atoms with Gasteiger partial charge in [0.2, 0.25) is 0 Å². The monoisotopic (exact) mass is 462 g/mol. The molecule has 0 N–H and O–H groups in total. The molecule has 0 saturated carbocycles. The largest absolute Gasteiger partial charge is 0.361 e. The van der Waals surface area contributed by atoms with Gasteiger partial charge in [-0.3, -0.25) is 4.90 Å². The molecule has 1 aromatic carbocycles. The Morgan fingerprint density at radius 3 is 2.79 bits per heavy atom. The molecule has 1 atom stereocenters. The molecular formula is C25H34N6OSi. The van der Waals surface area contributed by atoms with E-state index in [1.165, 1.54) is 18.0 Å². The van der Waals surface area contributed by atoms with Gasteiger partial charge in [-0.1, -0.05) is 55.2 Å². The number of benzene rings is 1. The van der Waals surface area contributed by atoms with Gasteiger partial charge in [0.05, 0.1) is 5.69 Å². The van der Waals surface area contributed by atoms with Gasteiger partial charge < -0.3 is 9.30 Å². The van der Waals surface area contributed by atoms with E-state index < -0.39 is 8.07 Å². The molecule has 0 amide bonds. The summed E-state index contributed by atoms with van der Waals surface area (Å²) < 4.78 is 9.92. The van der Waals surface area contributed by atoms with Crippen molar-refractivity contribution in [3.63, 3.8) is 0 Å². The third-order valence-corrected chi connectivity index (χ3v) is 8.27. The summed E-state index contributed by atoms with van der Waals surface area (Å²) in [4.78, 5) is 7.21. The van der Waals surface area contributed by atoms with Crippen molar-refractivity contribution in [3.05, 3.63) is 60.2 Å². The Morgan fingerprint density at radius 1 is 1.12 bits per heavy atom. The number of rotatable bonds is 8. The lowest BCUT2D eigenvalue weighted by atomic mass is 9.93. The van der Waals surface area contributed by atoms with Crippen LogP contribution in [-0.4, -0.2) is 57.0 Å². The van der Waals surface area contributed by atoms with Crippen LogP contribution in [0.3, 0.4) is 0 Å². The zero-order chi connectivity index (χ0) is 22.8. The SMILES string of the molecule is C[Si](C)(C)CCOCn1ccc2c1ncn1nnc(C3CCCN(Cc4ccccc4)C3)c21. The van der Waals surface area contributed by atoms with Crippen LogP contribution >= 0.6 is 0 Å². The lowest BCUT2D eigenvalue weighted by molar-refractivity contribution is 0.0899. The van der Waals surface area contributed by atoms with Crippen LogP contribution in [0.5, 0.6) is 0 Å². The number of likely N-dealkylation sites (tertiary alicyclic amines) is 1. The minimum atomic E-state index is -1.09. The number of aromatic nitrogens is 5. The summed E-state index contributed by atoms with van der Waals surface area (Å²) in [6.45, 7) is 11.6. The molecule has 0 aliphatic carbocycles. The molecule has 4 heterocycles. The third-order valence-electron chi connectivity index (χ3n) is 6.57. The highest BCUT2D eigenvalue weighted by atomic mass is 28.3. The first-order valence-electron chi connectivity index (χ1n) is 12.0. The van der Waals surface area contributed by atoms with E-state index in [4.69, 9.17) is 4.74 Å². The zero-order valence-corrected chi connectivity index (χ0v) is 20.9. The molecule has 8 heteroatoms. The minimum absolute atomic E-state index is 0.377. The van der Waals surface area contributed by atoms with E-state index in [1.54, 1.807) is 6.33 Å². The maximum Gasteiger partial charge on any atom is 0.145 e. The van der Waals surface area contributed by atoms with Crippen LogP contribution in [0.1, 0.15) is 30.0 Å². The van der Waals surface area contributed by atoms with Gasteiger partial charge in [-0.25, -0.2) is 9.50 Å². The topological polar surface area (TPSA) is 60.5 Å². The molecule has 7 nitrogen and oxygen atoms in total. The number of hydrogen-bond acceptors (Lipinski definition) is 5. The molecule has 1 aliphatic heterocycles. The van der Waals surface area contributed by atoms with Crippen LogP contribution in [0.2, 0.25) is 25.7 Å². The first kappa shape index (κ1) is 22.2. The Morgan fingerprint density at radius 2 is 1.97 bits per heavy atom. The van der Waals surface area contributed by atoms with Crippen LogP contribution in [0.4, 0.5) is 0 Å². The molecule has 0 spiro atoms. The van der Waals surface area contributed by atoms with Gasteiger partial charge in [0.1, 0.15) is 24.2 Å². The summed E-state index contributed by atoms with van der Waals surface area (Å²) in [6, 6.07) is 14.0. The molecule has 0 bridgehead atoms. The Bertz CT molecular complexity index is 1210. The molecule has 0 radical (unpaired) electrons. The highest BCUT2D eigenvalue weighted by Crippen LogP contribution is 2.32. The van der Waals surface area contributed by atoms with Gasteiger partial charge in [-0.2, -0.15) is 0 Å². The molecule has 3 aromatic heterocycles. The molecule has 1 unspecified atom stereocenters. The van der Waals surface area contributed by atoms with Crippen LogP contribution in [0.25, 0.3) is 16.6 Å². The van der Waals surface area contributed by atoms with Gasteiger partial charge in [-0.15, -0.1) is 5.10 Å². The fourth-order valence-corrected chi connectivity index (χ4v) is 5.49. The fraction of sp³-hybridized carbons (Fsp3) is 0.480. The quantitative estimate of drug-likeness (QED) is 0.279. The lowest BCUT2D eigenvalue weighted by Crippen LogP contribution is -2.34. The molecule has 174 valence electrons. The zero-order valence-electron chi connectivity index (χ0n) is 19.9. The summed E-state index contributed by atoms with van der Waals surface area (Å²) in [5.41, 5.74) is 4.49. The van der Waals surface area contributed by atoms with E-state index in [1.807, 2.05) is 4.52 Å². The highest BCUT2D eigenvalue weighted by Gasteiger charge is 2.27. The van der Waals surface area contributed by atoms with Crippen LogP contribution in [0, 0.1) is 0 Å². The molecule has 5 rings (SSSR count). The van der Waals surface area contributed by atoms with Gasteiger partial charge in [-0.05, 0) is 37.1 Å². The second kappa shape index (κ2) is 9.36. The molecule has 1 fully saturated rings. The van der Waals surface area contributed by atoms with Gasteiger partial charge in [0, 0.05) is 45.3 Å². The van der Waals surface area contributed by atoms with Crippen molar-refractivity contribution in [2.75, 3.05) is 19.7 Å². The number of hydrogen-bond donors (Lipinski definition) is 0. The fourth-order valence-electron chi connectivity index (χ4n) is 4.73. The summed E-state index contributed by atoms with van der Waals surface area (Å²) in [7, 11) is -1.09. The van der Waals surface area contributed by atoms with Crippen molar-refractivity contribution >= 4 is 24.6 Å². The summed E-state index contributed by atoms with van der Waals surface area (Å²) >= 11 is 0. The molecule has 4 aromatic rings. The smallest absolute Gasteiger partial charge is 0.145 e. The van der Waals surface area contributed by atoms with E-state index in [-0.39, 0.29) is 0 Å². The predicted molar refractivity (Wildman–Crippen MR) is 134 cm³/mol. The minimum Gasteiger partial charge on any atom is -0.361 e. The van der Waals surface area contributed by atoms with Gasteiger partial charge in [0.15, 0.2) is 0 Å². The second-order valence-electron chi connectivity index (χ2n) is 10.4. The van der Waals surface area contributed by atoms with E-state index in [2.05, 4.69) is 87.0 Å². The third kappa shape index (κ3) is 5.02. The number of ether oxygens (including phenoxy) is 1. The Labute approximate surface area is 196 Å². The van der Waals surface area contributed by atoms with Crippen LogP contribution in [0.15, 0.2) is 48.9 Å². The lowest BCUT2D eigenvalue weighted by Gasteiger charge is -2.32. The normalized spacial score (nSPS) is 17.8. The molecule has 33 heavy (non-hydrogen) atoms. The van der Waals surface area contributed by atoms with Crippen LogP contribution in [-0.2, 0) is 18.0 Å². The average molecular weight is 463 g/mol. The van der Waals surface area contributed by atoms with Crippen LogP contribution < -0.4 is 0 Å². The average Bonchev–Trinajstić information content (AvgIpc) is 3.41. The van der Waals surface area contributed by atoms with E-state index in [0.717, 1.165) is 54.9 Å². The Balaban J connectivity index is 1.36. The second-order valence-corrected chi connectivity index (χ2v) is 16.1. The summed E-state index contributed by atoms with van der Waals surface area (Å²) in [5, 5.41) is 10.2. The van der Waals surface area contributed by atoms with Crippen molar-refractivity contribution in [1.82, 2.24) is 29.3 Å². The van der Waals surface area contributed by atoms with Gasteiger partial charge >= 0.3 is 0 Å². The Kier molecular flexibility index (Phi) is 6.31. The summed E-state index contributed by atoms with van der Waals surface area (Å²) in [6.07, 6.45) is 6.18. The highest BCUT2D eigenvalue weighted by molar-refractivity contribution is 6.76. The predicted octanol–water partition coefficient (Wildman–Crippen LogP) is 4.77. The first-order chi connectivity index (χ1) is 16.0. The molecule has 1 aliphatic rings. The molecule has 1 saturated heterocycles. The van der Waals surface area contributed by atoms with E-state index in [0.29, 0.717) is 12.6 Å². The number of nitrogens with zero attached hydrogens (tertiary/aromatic N) is 6. The van der Waals surface area contributed by atoms with Crippen molar-refractivity contribution in [2.45, 2.75) is 57.7 Å². The van der Waals surface area contributed by atoms with Crippen molar-refractivity contribution < 1.29 is 4.74 Å². The number of piperidine rings is 1. The maximum atomic E-state index is 5.99. The molecular weight excluding hydrogens is 428 g/mol.